The molecule has 0 aliphatic rings. The molecule has 0 aromatic carbocycles. The Morgan fingerprint density at radius 1 is 1.64 bits per heavy atom. The van der Waals surface area contributed by atoms with Crippen molar-refractivity contribution in [1.82, 2.24) is 14.8 Å². The molecule has 0 radical (unpaired) electrons. The second-order valence-corrected chi connectivity index (χ2v) is 4.52. The second-order valence-electron chi connectivity index (χ2n) is 3.17. The highest BCUT2D eigenvalue weighted by Gasteiger charge is 2.21. The lowest BCUT2D eigenvalue weighted by Crippen LogP contribution is -2.20. The number of thioether (sulfide) groups is 1. The van der Waals surface area contributed by atoms with E-state index in [-0.39, 0.29) is 5.25 Å². The van der Waals surface area contributed by atoms with Crippen molar-refractivity contribution in [2.75, 3.05) is 0 Å². The third-order valence-corrected chi connectivity index (χ3v) is 3.42. The van der Waals surface area contributed by atoms with Crippen molar-refractivity contribution in [3.8, 4) is 0 Å². The third-order valence-electron chi connectivity index (χ3n) is 2.05. The minimum atomic E-state index is -0.785. The van der Waals surface area contributed by atoms with Crippen LogP contribution >= 0.6 is 11.8 Å². The zero-order valence-corrected chi connectivity index (χ0v) is 9.15. The smallest absolute Gasteiger partial charge is 0.307 e. The van der Waals surface area contributed by atoms with E-state index in [9.17, 15) is 4.79 Å². The molecule has 0 saturated heterocycles. The monoisotopic (exact) mass is 215 g/mol. The fourth-order valence-corrected chi connectivity index (χ4v) is 1.81. The molecule has 1 aromatic heterocycles. The molecule has 0 fully saturated rings. The molecule has 0 bridgehead atoms. The zero-order valence-electron chi connectivity index (χ0n) is 8.34. The molecule has 78 valence electrons. The maximum atomic E-state index is 10.7. The number of carboxylic acids is 1. The van der Waals surface area contributed by atoms with Gasteiger partial charge < -0.3 is 9.67 Å². The summed E-state index contributed by atoms with van der Waals surface area (Å²) in [6.45, 7) is 3.56. The number of aliphatic carboxylic acids is 1. The third kappa shape index (κ3) is 2.47. The minimum absolute atomic E-state index is 0.0181. The Balaban J connectivity index is 2.61. The lowest BCUT2D eigenvalue weighted by molar-refractivity contribution is -0.140. The molecule has 5 nitrogen and oxygen atoms in total. The van der Waals surface area contributed by atoms with Crippen LogP contribution < -0.4 is 0 Å². The summed E-state index contributed by atoms with van der Waals surface area (Å²) < 4.78 is 1.77. The number of hydrogen-bond acceptors (Lipinski definition) is 4. The first-order chi connectivity index (χ1) is 6.52. The number of aromatic nitrogens is 3. The summed E-state index contributed by atoms with van der Waals surface area (Å²) in [5.74, 6) is -1.18. The van der Waals surface area contributed by atoms with Crippen LogP contribution in [0.1, 0.15) is 13.8 Å². The fourth-order valence-electron chi connectivity index (χ4n) is 0.848. The maximum absolute atomic E-state index is 10.7. The molecule has 1 N–H and O–H groups in total. The van der Waals surface area contributed by atoms with Crippen molar-refractivity contribution in [3.63, 3.8) is 0 Å². The highest BCUT2D eigenvalue weighted by atomic mass is 32.2. The average molecular weight is 215 g/mol. The highest BCUT2D eigenvalue weighted by Crippen LogP contribution is 2.25. The Kier molecular flexibility index (Phi) is 3.51. The molecule has 2 atom stereocenters. The Labute approximate surface area is 86.5 Å². The number of rotatable bonds is 4. The van der Waals surface area contributed by atoms with Gasteiger partial charge in [-0.1, -0.05) is 25.6 Å². The number of carboxylic acid groups (broad SMARTS) is 1. The van der Waals surface area contributed by atoms with E-state index >= 15 is 0 Å². The first-order valence-corrected chi connectivity index (χ1v) is 5.13. The highest BCUT2D eigenvalue weighted by molar-refractivity contribution is 7.99. The summed E-state index contributed by atoms with van der Waals surface area (Å²) in [6.07, 6.45) is 1.60. The van der Waals surface area contributed by atoms with Gasteiger partial charge in [-0.05, 0) is 0 Å². The van der Waals surface area contributed by atoms with E-state index in [0.717, 1.165) is 5.16 Å². The van der Waals surface area contributed by atoms with Gasteiger partial charge >= 0.3 is 5.97 Å². The van der Waals surface area contributed by atoms with E-state index in [1.165, 1.54) is 11.8 Å². The SMILES string of the molecule is CC(Sc1nncn1C)C(C)C(=O)O. The molecular formula is C8H13N3O2S. The van der Waals surface area contributed by atoms with Gasteiger partial charge in [-0.25, -0.2) is 0 Å². The van der Waals surface area contributed by atoms with Crippen LogP contribution in [0, 0.1) is 5.92 Å². The van der Waals surface area contributed by atoms with Crippen LogP contribution in [0.15, 0.2) is 11.5 Å². The van der Waals surface area contributed by atoms with E-state index in [1.54, 1.807) is 17.8 Å². The summed E-state index contributed by atoms with van der Waals surface area (Å²) in [4.78, 5) is 10.7. The van der Waals surface area contributed by atoms with Crippen LogP contribution in [-0.4, -0.2) is 31.1 Å². The molecule has 0 aliphatic heterocycles. The predicted octanol–water partition coefficient (Wildman–Crippen LogP) is 1.02. The summed E-state index contributed by atoms with van der Waals surface area (Å²) in [5, 5.41) is 17.1. The molecule has 1 rings (SSSR count). The first kappa shape index (κ1) is 11.0. The number of nitrogens with zero attached hydrogens (tertiary/aromatic N) is 3. The Morgan fingerprint density at radius 2 is 2.29 bits per heavy atom. The topological polar surface area (TPSA) is 68.0 Å². The molecule has 0 spiro atoms. The lowest BCUT2D eigenvalue weighted by Gasteiger charge is -2.13. The Bertz CT molecular complexity index is 326. The van der Waals surface area contributed by atoms with Crippen LogP contribution in [0.2, 0.25) is 0 Å². The molecular weight excluding hydrogens is 202 g/mol. The predicted molar refractivity (Wildman–Crippen MR) is 53.1 cm³/mol. The molecule has 2 unspecified atom stereocenters. The average Bonchev–Trinajstić information content (AvgIpc) is 2.50. The van der Waals surface area contributed by atoms with Gasteiger partial charge in [-0.3, -0.25) is 4.79 Å². The molecule has 6 heteroatoms. The van der Waals surface area contributed by atoms with Gasteiger partial charge in [0.15, 0.2) is 5.16 Å². The Morgan fingerprint density at radius 3 is 2.71 bits per heavy atom. The van der Waals surface area contributed by atoms with Gasteiger partial charge in [-0.15, -0.1) is 10.2 Å². The van der Waals surface area contributed by atoms with Gasteiger partial charge in [0.05, 0.1) is 5.92 Å². The molecule has 0 aliphatic carbocycles. The number of aryl methyl sites for hydroxylation is 1. The number of carbonyl (C=O) groups is 1. The summed E-state index contributed by atoms with van der Waals surface area (Å²) in [7, 11) is 1.83. The van der Waals surface area contributed by atoms with Crippen molar-refractivity contribution in [3.05, 3.63) is 6.33 Å². The van der Waals surface area contributed by atoms with E-state index in [2.05, 4.69) is 10.2 Å². The first-order valence-electron chi connectivity index (χ1n) is 4.26. The summed E-state index contributed by atoms with van der Waals surface area (Å²) in [6, 6.07) is 0. The normalized spacial score (nSPS) is 15.1. The maximum Gasteiger partial charge on any atom is 0.307 e. The van der Waals surface area contributed by atoms with Crippen LogP contribution in [-0.2, 0) is 11.8 Å². The van der Waals surface area contributed by atoms with Crippen LogP contribution in [0.5, 0.6) is 0 Å². The van der Waals surface area contributed by atoms with Crippen molar-refractivity contribution >= 4 is 17.7 Å². The fraction of sp³-hybridized carbons (Fsp3) is 0.625. The quantitative estimate of drug-likeness (QED) is 0.759. The van der Waals surface area contributed by atoms with Crippen molar-refractivity contribution < 1.29 is 9.90 Å². The van der Waals surface area contributed by atoms with Crippen molar-refractivity contribution in [2.24, 2.45) is 13.0 Å². The van der Waals surface area contributed by atoms with Crippen LogP contribution in [0.25, 0.3) is 0 Å². The van der Waals surface area contributed by atoms with Gasteiger partial charge in [0.2, 0.25) is 0 Å². The van der Waals surface area contributed by atoms with E-state index in [0.29, 0.717) is 0 Å². The zero-order chi connectivity index (χ0) is 10.7. The minimum Gasteiger partial charge on any atom is -0.481 e. The standard InChI is InChI=1S/C8H13N3O2S/c1-5(7(12)13)6(2)14-8-10-9-4-11(8)3/h4-6H,1-3H3,(H,12,13). The van der Waals surface area contributed by atoms with E-state index in [1.807, 2.05) is 14.0 Å². The van der Waals surface area contributed by atoms with E-state index < -0.39 is 11.9 Å². The second kappa shape index (κ2) is 4.45. The largest absolute Gasteiger partial charge is 0.481 e. The number of hydrogen-bond donors (Lipinski definition) is 1. The van der Waals surface area contributed by atoms with Gasteiger partial charge in [0.25, 0.3) is 0 Å². The van der Waals surface area contributed by atoms with E-state index in [4.69, 9.17) is 5.11 Å². The Hall–Kier alpha value is -1.04. The molecule has 1 aromatic rings. The van der Waals surface area contributed by atoms with Crippen molar-refractivity contribution in [2.45, 2.75) is 24.3 Å². The molecule has 0 saturated carbocycles. The van der Waals surface area contributed by atoms with Gasteiger partial charge in [0.1, 0.15) is 6.33 Å². The van der Waals surface area contributed by atoms with Gasteiger partial charge in [-0.2, -0.15) is 0 Å². The molecule has 0 amide bonds. The van der Waals surface area contributed by atoms with Gasteiger partial charge in [0, 0.05) is 12.3 Å². The van der Waals surface area contributed by atoms with Crippen molar-refractivity contribution in [1.29, 1.82) is 0 Å². The molecule has 1 heterocycles. The summed E-state index contributed by atoms with van der Waals surface area (Å²) >= 11 is 1.42. The summed E-state index contributed by atoms with van der Waals surface area (Å²) in [5.41, 5.74) is 0. The van der Waals surface area contributed by atoms with Crippen LogP contribution in [0.3, 0.4) is 0 Å². The molecule has 14 heavy (non-hydrogen) atoms. The van der Waals surface area contributed by atoms with Crippen LogP contribution in [0.4, 0.5) is 0 Å². The lowest BCUT2D eigenvalue weighted by atomic mass is 10.1.